The van der Waals surface area contributed by atoms with Crippen molar-refractivity contribution < 1.29 is 0 Å². The minimum absolute atomic E-state index is 0.392. The van der Waals surface area contributed by atoms with Crippen molar-refractivity contribution in [3.8, 4) is 0 Å². The van der Waals surface area contributed by atoms with Gasteiger partial charge in [-0.25, -0.2) is 0 Å². The Balaban J connectivity index is 2.93. The van der Waals surface area contributed by atoms with Crippen molar-refractivity contribution in [1.82, 2.24) is 0 Å². The zero-order valence-corrected chi connectivity index (χ0v) is 9.16. The van der Waals surface area contributed by atoms with Gasteiger partial charge in [-0.3, -0.25) is 0 Å². The normalized spacial score (nSPS) is 9.50. The minimum atomic E-state index is 0.392. The van der Waals surface area contributed by atoms with Crippen molar-refractivity contribution >= 4 is 59.1 Å². The lowest BCUT2D eigenvalue weighted by Gasteiger charge is -2.14. The second-order valence-corrected chi connectivity index (χ2v) is 4.10. The van der Waals surface area contributed by atoms with Crippen molar-refractivity contribution in [1.29, 1.82) is 0 Å². The van der Waals surface area contributed by atoms with E-state index in [-0.39, 0.29) is 0 Å². The summed E-state index contributed by atoms with van der Waals surface area (Å²) in [7, 11) is 0. The molecule has 0 aliphatic heterocycles. The Bertz CT molecular complexity index is 314. The highest BCUT2D eigenvalue weighted by Gasteiger charge is 1.93. The van der Waals surface area contributed by atoms with Gasteiger partial charge < -0.3 is 17.9 Å². The van der Waals surface area contributed by atoms with E-state index in [9.17, 15) is 0 Å². The van der Waals surface area contributed by atoms with E-state index in [1.165, 1.54) is 0 Å². The molecule has 0 aromatic heterocycles. The van der Waals surface area contributed by atoms with Crippen LogP contribution in [0.25, 0.3) is 0 Å². The third-order valence-electron chi connectivity index (χ3n) is 1.19. The number of rotatable bonds is 1. The molecule has 0 radical (unpaired) electrons. The lowest BCUT2D eigenvalue weighted by molar-refractivity contribution is 1.46. The standard InChI is InChI=1S/C7H6ClNS3/c8-4-1-2-5(6(10)3-4)9-7(11)12/h1-3,10H,(H2,9,11,12)/p-1. The van der Waals surface area contributed by atoms with Crippen LogP contribution in [0.3, 0.4) is 0 Å². The van der Waals surface area contributed by atoms with Crippen LogP contribution in [0.1, 0.15) is 0 Å². The summed E-state index contributed by atoms with van der Waals surface area (Å²) in [6, 6.07) is 5.20. The summed E-state index contributed by atoms with van der Waals surface area (Å²) in [6.07, 6.45) is 0. The van der Waals surface area contributed by atoms with Gasteiger partial charge in [0.2, 0.25) is 0 Å². The summed E-state index contributed by atoms with van der Waals surface area (Å²) in [6.45, 7) is 0. The van der Waals surface area contributed by atoms with E-state index < -0.39 is 0 Å². The fraction of sp³-hybridized carbons (Fsp3) is 0. The molecule has 0 aliphatic carbocycles. The first-order valence-electron chi connectivity index (χ1n) is 3.06. The van der Waals surface area contributed by atoms with Gasteiger partial charge in [0.1, 0.15) is 4.32 Å². The minimum Gasteiger partial charge on any atom is -0.778 e. The molecule has 0 atom stereocenters. The Morgan fingerprint density at radius 1 is 1.58 bits per heavy atom. The summed E-state index contributed by atoms with van der Waals surface area (Å²) >= 11 is 19.4. The van der Waals surface area contributed by atoms with Crippen molar-refractivity contribution in [3.63, 3.8) is 0 Å². The molecule has 1 aromatic carbocycles. The number of halogens is 1. The molecule has 1 rings (SSSR count). The fourth-order valence-electron chi connectivity index (χ4n) is 0.715. The molecular weight excluding hydrogens is 230 g/mol. The van der Waals surface area contributed by atoms with E-state index in [0.717, 1.165) is 5.69 Å². The lowest BCUT2D eigenvalue weighted by atomic mass is 10.3. The van der Waals surface area contributed by atoms with Gasteiger partial charge in [0.05, 0.1) is 0 Å². The fourth-order valence-corrected chi connectivity index (χ4v) is 1.43. The first-order chi connectivity index (χ1) is 5.59. The molecule has 1 N–H and O–H groups in total. The van der Waals surface area contributed by atoms with Crippen LogP contribution >= 0.6 is 36.4 Å². The molecule has 1 nitrogen and oxygen atoms in total. The molecular formula is C7H5ClNS3-. The van der Waals surface area contributed by atoms with Crippen LogP contribution in [0.5, 0.6) is 0 Å². The predicted octanol–water partition coefficient (Wildman–Crippen LogP) is 2.87. The highest BCUT2D eigenvalue weighted by atomic mass is 35.5. The molecule has 64 valence electrons. The zero-order chi connectivity index (χ0) is 9.14. The van der Waals surface area contributed by atoms with Crippen molar-refractivity contribution in [3.05, 3.63) is 23.2 Å². The monoisotopic (exact) mass is 234 g/mol. The molecule has 1 aromatic rings. The number of thiol groups is 1. The second kappa shape index (κ2) is 4.28. The molecule has 0 bridgehead atoms. The number of anilines is 1. The number of hydrogen-bond acceptors (Lipinski definition) is 2. The predicted molar refractivity (Wildman–Crippen MR) is 62.3 cm³/mol. The number of thiocarbonyl (C=S) groups is 1. The molecule has 0 spiro atoms. The molecule has 0 fully saturated rings. The van der Waals surface area contributed by atoms with Gasteiger partial charge in [-0.1, -0.05) is 29.9 Å². The van der Waals surface area contributed by atoms with Gasteiger partial charge in [-0.2, -0.15) is 4.90 Å². The average molecular weight is 235 g/mol. The summed E-state index contributed by atoms with van der Waals surface area (Å²) in [5.41, 5.74) is 0.759. The van der Waals surface area contributed by atoms with Gasteiger partial charge in [0.25, 0.3) is 0 Å². The lowest BCUT2D eigenvalue weighted by Crippen LogP contribution is -2.01. The maximum Gasteiger partial charge on any atom is 0.135 e. The van der Waals surface area contributed by atoms with Crippen molar-refractivity contribution in [2.24, 2.45) is 0 Å². The van der Waals surface area contributed by atoms with E-state index in [4.69, 9.17) is 36.4 Å². The van der Waals surface area contributed by atoms with Crippen molar-refractivity contribution in [2.45, 2.75) is 4.90 Å². The Hall–Kier alpha value is -0.0300. The molecule has 0 saturated carbocycles. The van der Waals surface area contributed by atoms with Gasteiger partial charge in [-0.15, -0.1) is 12.6 Å². The first-order valence-corrected chi connectivity index (χ1v) is 4.70. The van der Waals surface area contributed by atoms with Crippen LogP contribution in [0, 0.1) is 0 Å². The quantitative estimate of drug-likeness (QED) is 0.441. The van der Waals surface area contributed by atoms with E-state index in [0.29, 0.717) is 14.2 Å². The van der Waals surface area contributed by atoms with Gasteiger partial charge in [0, 0.05) is 10.7 Å². The number of nitrogens with one attached hydrogen (secondary N) is 1. The maximum atomic E-state index is 5.71. The van der Waals surface area contributed by atoms with Crippen LogP contribution in [-0.2, 0) is 12.6 Å². The van der Waals surface area contributed by atoms with Crippen LogP contribution in [-0.4, -0.2) is 4.32 Å². The maximum absolute atomic E-state index is 5.71. The summed E-state index contributed by atoms with van der Waals surface area (Å²) in [5, 5.41) is 3.45. The van der Waals surface area contributed by atoms with Crippen LogP contribution in [0.2, 0.25) is 5.02 Å². The largest absolute Gasteiger partial charge is 0.778 e. The first kappa shape index (κ1) is 10.1. The Morgan fingerprint density at radius 2 is 2.25 bits per heavy atom. The molecule has 5 heteroatoms. The Kier molecular flexibility index (Phi) is 3.58. The molecule has 0 aliphatic rings. The third kappa shape index (κ3) is 2.79. The van der Waals surface area contributed by atoms with Gasteiger partial charge in [0.15, 0.2) is 0 Å². The average Bonchev–Trinajstić information content (AvgIpc) is 1.94. The molecule has 0 saturated heterocycles. The highest BCUT2D eigenvalue weighted by molar-refractivity contribution is 8.11. The third-order valence-corrected chi connectivity index (χ3v) is 1.97. The van der Waals surface area contributed by atoms with Crippen LogP contribution < -0.4 is 5.32 Å². The number of hydrogen-bond donors (Lipinski definition) is 2. The molecule has 0 heterocycles. The number of benzene rings is 1. The van der Waals surface area contributed by atoms with E-state index in [1.807, 2.05) is 0 Å². The zero-order valence-electron chi connectivity index (χ0n) is 5.87. The Labute approximate surface area is 92.3 Å². The highest BCUT2D eigenvalue weighted by Crippen LogP contribution is 2.20. The summed E-state index contributed by atoms with van der Waals surface area (Å²) in [4.78, 5) is 0.638. The topological polar surface area (TPSA) is 12.0 Å². The van der Waals surface area contributed by atoms with Crippen LogP contribution in [0.4, 0.5) is 5.69 Å². The second-order valence-electron chi connectivity index (χ2n) is 2.07. The van der Waals surface area contributed by atoms with Crippen molar-refractivity contribution in [2.75, 3.05) is 5.32 Å². The van der Waals surface area contributed by atoms with E-state index >= 15 is 0 Å². The van der Waals surface area contributed by atoms with Gasteiger partial charge >= 0.3 is 0 Å². The Morgan fingerprint density at radius 3 is 2.75 bits per heavy atom. The summed E-state index contributed by atoms with van der Waals surface area (Å²) in [5.74, 6) is 0. The van der Waals surface area contributed by atoms with Crippen LogP contribution in [0.15, 0.2) is 23.1 Å². The van der Waals surface area contributed by atoms with E-state index in [1.54, 1.807) is 18.2 Å². The smallest absolute Gasteiger partial charge is 0.135 e. The molecule has 0 amide bonds. The van der Waals surface area contributed by atoms with E-state index in [2.05, 4.69) is 17.9 Å². The van der Waals surface area contributed by atoms with Gasteiger partial charge in [-0.05, 0) is 12.1 Å². The summed E-state index contributed by atoms with van der Waals surface area (Å²) < 4.78 is 0.392. The molecule has 12 heavy (non-hydrogen) atoms. The SMILES string of the molecule is S=C(S)Nc1ccc(Cl)cc1[S-]. The molecule has 0 unspecified atom stereocenters.